The van der Waals surface area contributed by atoms with Crippen LogP contribution in [0.2, 0.25) is 0 Å². The molecule has 15 heavy (non-hydrogen) atoms. The van der Waals surface area contributed by atoms with E-state index in [4.69, 9.17) is 0 Å². The minimum atomic E-state index is 0.701. The Hall–Kier alpha value is -1.96. The maximum atomic E-state index is 10.6. The number of pyridine rings is 1. The molecule has 2 nitrogen and oxygen atoms in total. The molecule has 0 aliphatic heterocycles. The smallest absolute Gasteiger partial charge is 0.150 e. The number of aryl methyl sites for hydroxylation is 1. The van der Waals surface area contributed by atoms with Gasteiger partial charge in [-0.25, -0.2) is 0 Å². The number of carbonyl (C=O) groups excluding carboxylic acids is 1. The zero-order valence-corrected chi connectivity index (χ0v) is 8.47. The molecule has 0 radical (unpaired) electrons. The summed E-state index contributed by atoms with van der Waals surface area (Å²) >= 11 is 0. The summed E-state index contributed by atoms with van der Waals surface area (Å²) < 4.78 is 0. The maximum absolute atomic E-state index is 10.6. The van der Waals surface area contributed by atoms with Crippen molar-refractivity contribution in [1.82, 2.24) is 4.98 Å². The van der Waals surface area contributed by atoms with E-state index < -0.39 is 0 Å². The van der Waals surface area contributed by atoms with E-state index in [0.717, 1.165) is 23.1 Å². The molecule has 0 atom stereocenters. The first-order chi connectivity index (χ1) is 7.31. The zero-order valence-electron chi connectivity index (χ0n) is 8.47. The van der Waals surface area contributed by atoms with Gasteiger partial charge in [0.05, 0.1) is 5.69 Å². The van der Waals surface area contributed by atoms with E-state index in [1.807, 2.05) is 43.3 Å². The van der Waals surface area contributed by atoms with Crippen LogP contribution in [0.1, 0.15) is 15.9 Å². The van der Waals surface area contributed by atoms with Gasteiger partial charge in [0.15, 0.2) is 0 Å². The molecule has 0 fully saturated rings. The first kappa shape index (κ1) is 9.59. The van der Waals surface area contributed by atoms with Crippen LogP contribution < -0.4 is 0 Å². The third-order valence-corrected chi connectivity index (χ3v) is 2.33. The fourth-order valence-corrected chi connectivity index (χ4v) is 1.57. The third kappa shape index (κ3) is 1.94. The van der Waals surface area contributed by atoms with Crippen LogP contribution in [0.25, 0.3) is 11.3 Å². The molecule has 1 heterocycles. The van der Waals surface area contributed by atoms with Gasteiger partial charge in [-0.05, 0) is 30.7 Å². The van der Waals surface area contributed by atoms with Gasteiger partial charge in [-0.2, -0.15) is 0 Å². The topological polar surface area (TPSA) is 30.0 Å². The summed E-state index contributed by atoms with van der Waals surface area (Å²) in [5, 5.41) is 0. The maximum Gasteiger partial charge on any atom is 0.150 e. The molecule has 2 aromatic rings. The molecule has 0 amide bonds. The number of carbonyl (C=O) groups is 1. The van der Waals surface area contributed by atoms with E-state index in [0.29, 0.717) is 5.56 Å². The molecule has 0 aliphatic carbocycles. The predicted molar refractivity (Wildman–Crippen MR) is 59.8 cm³/mol. The molecule has 0 saturated heterocycles. The number of rotatable bonds is 2. The van der Waals surface area contributed by atoms with Gasteiger partial charge in [0.2, 0.25) is 0 Å². The van der Waals surface area contributed by atoms with Crippen LogP contribution in [0.15, 0.2) is 42.6 Å². The van der Waals surface area contributed by atoms with E-state index in [-0.39, 0.29) is 0 Å². The van der Waals surface area contributed by atoms with E-state index in [2.05, 4.69) is 4.98 Å². The highest BCUT2D eigenvalue weighted by atomic mass is 16.1. The largest absolute Gasteiger partial charge is 0.298 e. The van der Waals surface area contributed by atoms with Crippen molar-refractivity contribution in [2.75, 3.05) is 0 Å². The van der Waals surface area contributed by atoms with Crippen LogP contribution in [0.5, 0.6) is 0 Å². The quantitative estimate of drug-likeness (QED) is 0.693. The third-order valence-electron chi connectivity index (χ3n) is 2.33. The highest BCUT2D eigenvalue weighted by molar-refractivity contribution is 5.77. The van der Waals surface area contributed by atoms with Gasteiger partial charge in [0.1, 0.15) is 6.29 Å². The van der Waals surface area contributed by atoms with Gasteiger partial charge >= 0.3 is 0 Å². The molecule has 74 valence electrons. The lowest BCUT2D eigenvalue weighted by Crippen LogP contribution is -1.88. The fourth-order valence-electron chi connectivity index (χ4n) is 1.57. The van der Waals surface area contributed by atoms with Gasteiger partial charge < -0.3 is 0 Å². The molecule has 2 heteroatoms. The Labute approximate surface area is 88.6 Å². The number of aromatic nitrogens is 1. The van der Waals surface area contributed by atoms with Gasteiger partial charge in [-0.3, -0.25) is 9.78 Å². The lowest BCUT2D eigenvalue weighted by Gasteiger charge is -2.04. The number of aldehydes is 1. The molecule has 0 saturated carbocycles. The highest BCUT2D eigenvalue weighted by Gasteiger charge is 2.02. The Kier molecular flexibility index (Phi) is 2.59. The molecule has 0 spiro atoms. The van der Waals surface area contributed by atoms with Crippen LogP contribution >= 0.6 is 0 Å². The summed E-state index contributed by atoms with van der Waals surface area (Å²) in [6.45, 7) is 1.98. The van der Waals surface area contributed by atoms with E-state index >= 15 is 0 Å². The SMILES string of the molecule is Cc1cc(C=O)ccc1-c1ccccn1. The summed E-state index contributed by atoms with van der Waals surface area (Å²) in [5.41, 5.74) is 3.78. The second-order valence-electron chi connectivity index (χ2n) is 3.41. The monoisotopic (exact) mass is 197 g/mol. The average Bonchev–Trinajstić information content (AvgIpc) is 2.30. The van der Waals surface area contributed by atoms with E-state index in [9.17, 15) is 4.79 Å². The zero-order chi connectivity index (χ0) is 10.7. The van der Waals surface area contributed by atoms with Crippen LogP contribution in [-0.2, 0) is 0 Å². The fraction of sp³-hybridized carbons (Fsp3) is 0.0769. The predicted octanol–water partition coefficient (Wildman–Crippen LogP) is 2.87. The van der Waals surface area contributed by atoms with Crippen molar-refractivity contribution < 1.29 is 4.79 Å². The lowest BCUT2D eigenvalue weighted by molar-refractivity contribution is 0.112. The molecule has 0 bridgehead atoms. The second kappa shape index (κ2) is 4.05. The molecule has 1 aromatic carbocycles. The number of nitrogens with zero attached hydrogens (tertiary/aromatic N) is 1. The van der Waals surface area contributed by atoms with Crippen molar-refractivity contribution in [3.63, 3.8) is 0 Å². The first-order valence-electron chi connectivity index (χ1n) is 4.78. The van der Waals surface area contributed by atoms with E-state index in [1.54, 1.807) is 6.20 Å². The summed E-state index contributed by atoms with van der Waals surface area (Å²) in [5.74, 6) is 0. The Bertz CT molecular complexity index is 477. The average molecular weight is 197 g/mol. The molecular formula is C13H11NO. The molecule has 0 unspecified atom stereocenters. The minimum absolute atomic E-state index is 0.701. The summed E-state index contributed by atoms with van der Waals surface area (Å²) in [6, 6.07) is 11.4. The van der Waals surface area contributed by atoms with Gasteiger partial charge in [-0.1, -0.05) is 18.2 Å². The van der Waals surface area contributed by atoms with Gasteiger partial charge in [0.25, 0.3) is 0 Å². The summed E-state index contributed by atoms with van der Waals surface area (Å²) in [4.78, 5) is 14.9. The van der Waals surface area contributed by atoms with Crippen LogP contribution in [-0.4, -0.2) is 11.3 Å². The minimum Gasteiger partial charge on any atom is -0.298 e. The number of hydrogen-bond donors (Lipinski definition) is 0. The molecule has 1 aromatic heterocycles. The molecule has 0 N–H and O–H groups in total. The molecule has 0 aliphatic rings. The van der Waals surface area contributed by atoms with Crippen molar-refractivity contribution in [1.29, 1.82) is 0 Å². The Morgan fingerprint density at radius 1 is 1.20 bits per heavy atom. The van der Waals surface area contributed by atoms with Crippen molar-refractivity contribution >= 4 is 6.29 Å². The van der Waals surface area contributed by atoms with Gasteiger partial charge in [-0.15, -0.1) is 0 Å². The van der Waals surface area contributed by atoms with Crippen molar-refractivity contribution in [3.8, 4) is 11.3 Å². The number of hydrogen-bond acceptors (Lipinski definition) is 2. The molecular weight excluding hydrogens is 186 g/mol. The van der Waals surface area contributed by atoms with Crippen LogP contribution in [0, 0.1) is 6.92 Å². The van der Waals surface area contributed by atoms with Gasteiger partial charge in [0, 0.05) is 17.3 Å². The normalized spacial score (nSPS) is 9.93. The van der Waals surface area contributed by atoms with Crippen molar-refractivity contribution in [2.45, 2.75) is 6.92 Å². The van der Waals surface area contributed by atoms with Crippen molar-refractivity contribution in [2.24, 2.45) is 0 Å². The Morgan fingerprint density at radius 2 is 2.07 bits per heavy atom. The summed E-state index contributed by atoms with van der Waals surface area (Å²) in [7, 11) is 0. The lowest BCUT2D eigenvalue weighted by atomic mass is 10.0. The van der Waals surface area contributed by atoms with Crippen LogP contribution in [0.3, 0.4) is 0 Å². The number of benzene rings is 1. The first-order valence-corrected chi connectivity index (χ1v) is 4.78. The highest BCUT2D eigenvalue weighted by Crippen LogP contribution is 2.21. The summed E-state index contributed by atoms with van der Waals surface area (Å²) in [6.07, 6.45) is 2.62. The second-order valence-corrected chi connectivity index (χ2v) is 3.41. The Morgan fingerprint density at radius 3 is 2.67 bits per heavy atom. The van der Waals surface area contributed by atoms with Crippen molar-refractivity contribution in [3.05, 3.63) is 53.7 Å². The van der Waals surface area contributed by atoms with E-state index in [1.165, 1.54) is 0 Å². The standard InChI is InChI=1S/C13H11NO/c1-10-8-11(9-15)5-6-12(10)13-4-2-3-7-14-13/h2-9H,1H3. The van der Waals surface area contributed by atoms with Crippen LogP contribution in [0.4, 0.5) is 0 Å². The molecule has 2 rings (SSSR count). The Balaban J connectivity index is 2.51.